The summed E-state index contributed by atoms with van der Waals surface area (Å²) >= 11 is 6.02. The number of aliphatic carboxylic acids is 1. The minimum Gasteiger partial charge on any atom is -0.479 e. The van der Waals surface area contributed by atoms with Gasteiger partial charge in [0.1, 0.15) is 5.82 Å². The molecule has 1 unspecified atom stereocenters. The summed E-state index contributed by atoms with van der Waals surface area (Å²) in [5, 5.41) is 14.6. The summed E-state index contributed by atoms with van der Waals surface area (Å²) in [6.45, 7) is 1.61. The zero-order chi connectivity index (χ0) is 18.7. The largest absolute Gasteiger partial charge is 0.479 e. The predicted octanol–water partition coefficient (Wildman–Crippen LogP) is 4.78. The number of nitrogens with zero attached hydrogens (tertiary/aromatic N) is 2. The van der Waals surface area contributed by atoms with E-state index < -0.39 is 11.5 Å². The molecule has 0 amide bonds. The lowest BCUT2D eigenvalue weighted by atomic mass is 9.93. The van der Waals surface area contributed by atoms with Crippen molar-refractivity contribution in [1.82, 2.24) is 9.78 Å². The van der Waals surface area contributed by atoms with Gasteiger partial charge in [0.25, 0.3) is 0 Å². The van der Waals surface area contributed by atoms with E-state index in [1.165, 1.54) is 16.8 Å². The number of aromatic nitrogens is 2. The van der Waals surface area contributed by atoms with Gasteiger partial charge in [-0.3, -0.25) is 4.68 Å². The second kappa shape index (κ2) is 7.30. The normalized spacial score (nSPS) is 13.3. The highest BCUT2D eigenvalue weighted by Crippen LogP contribution is 2.28. The molecule has 3 aromatic rings. The number of rotatable bonds is 6. The zero-order valence-corrected chi connectivity index (χ0v) is 14.9. The van der Waals surface area contributed by atoms with E-state index in [4.69, 9.17) is 11.6 Å². The lowest BCUT2D eigenvalue weighted by molar-refractivity contribution is -0.147. The molecule has 1 heterocycles. The summed E-state index contributed by atoms with van der Waals surface area (Å²) in [6.07, 6.45) is 4.02. The van der Waals surface area contributed by atoms with Crippen LogP contribution in [0.4, 0.5) is 4.39 Å². The van der Waals surface area contributed by atoms with E-state index >= 15 is 0 Å². The minimum absolute atomic E-state index is 0.280. The highest BCUT2D eigenvalue weighted by molar-refractivity contribution is 6.30. The van der Waals surface area contributed by atoms with Crippen LogP contribution < -0.4 is 0 Å². The van der Waals surface area contributed by atoms with Gasteiger partial charge in [0.15, 0.2) is 5.54 Å². The Morgan fingerprint density at radius 2 is 2.00 bits per heavy atom. The zero-order valence-electron chi connectivity index (χ0n) is 14.2. The molecule has 2 aromatic carbocycles. The van der Waals surface area contributed by atoms with Crippen LogP contribution in [0.25, 0.3) is 11.1 Å². The molecule has 4 nitrogen and oxygen atoms in total. The van der Waals surface area contributed by atoms with Crippen LogP contribution in [0.2, 0.25) is 5.02 Å². The highest BCUT2D eigenvalue weighted by Gasteiger charge is 2.36. The van der Waals surface area contributed by atoms with Crippen LogP contribution in [0.15, 0.2) is 60.9 Å². The van der Waals surface area contributed by atoms with E-state index in [9.17, 15) is 14.3 Å². The van der Waals surface area contributed by atoms with Crippen molar-refractivity contribution >= 4 is 17.6 Å². The van der Waals surface area contributed by atoms with Crippen molar-refractivity contribution in [2.45, 2.75) is 25.3 Å². The van der Waals surface area contributed by atoms with Crippen molar-refractivity contribution in [3.05, 3.63) is 77.3 Å². The molecule has 0 aliphatic carbocycles. The number of benzene rings is 2. The topological polar surface area (TPSA) is 55.1 Å². The molecule has 6 heteroatoms. The Balaban J connectivity index is 1.86. The van der Waals surface area contributed by atoms with Crippen LogP contribution in [0.5, 0.6) is 0 Å². The Morgan fingerprint density at radius 1 is 1.23 bits per heavy atom. The van der Waals surface area contributed by atoms with Gasteiger partial charge in [-0.05, 0) is 55.2 Å². The lowest BCUT2D eigenvalue weighted by Crippen LogP contribution is -2.39. The number of halogens is 2. The predicted molar refractivity (Wildman–Crippen MR) is 98.7 cm³/mol. The molecular weight excluding hydrogens is 355 g/mol. The van der Waals surface area contributed by atoms with Gasteiger partial charge >= 0.3 is 5.97 Å². The Hall–Kier alpha value is -2.66. The Bertz CT molecular complexity index is 941. The summed E-state index contributed by atoms with van der Waals surface area (Å²) in [7, 11) is 0. The molecule has 0 aliphatic heterocycles. The van der Waals surface area contributed by atoms with Crippen LogP contribution >= 0.6 is 11.6 Å². The molecule has 0 spiro atoms. The van der Waals surface area contributed by atoms with Crippen molar-refractivity contribution in [2.75, 3.05) is 0 Å². The number of aryl methyl sites for hydroxylation is 1. The fourth-order valence-corrected chi connectivity index (χ4v) is 3.00. The maximum Gasteiger partial charge on any atom is 0.331 e. The molecule has 0 saturated carbocycles. The molecule has 3 rings (SSSR count). The first-order valence-corrected chi connectivity index (χ1v) is 8.55. The van der Waals surface area contributed by atoms with Gasteiger partial charge in [-0.2, -0.15) is 5.10 Å². The first-order valence-electron chi connectivity index (χ1n) is 8.17. The molecule has 26 heavy (non-hydrogen) atoms. The van der Waals surface area contributed by atoms with Crippen LogP contribution in [0.1, 0.15) is 18.9 Å². The molecule has 0 fully saturated rings. The van der Waals surface area contributed by atoms with Crippen molar-refractivity contribution in [2.24, 2.45) is 0 Å². The number of hydrogen-bond donors (Lipinski definition) is 1. The first kappa shape index (κ1) is 18.1. The Kier molecular flexibility index (Phi) is 5.09. The van der Waals surface area contributed by atoms with Gasteiger partial charge in [-0.15, -0.1) is 0 Å². The molecule has 134 valence electrons. The molecule has 0 aliphatic rings. The maximum atomic E-state index is 13.3. The molecular formula is C20H18ClFN2O2. The SMILES string of the molecule is CC(CCc1cccc(F)c1)(C(=O)O)n1cc(-c2cccc(Cl)c2)cn1. The molecule has 0 saturated heterocycles. The van der Waals surface area contributed by atoms with Gasteiger partial charge in [-0.25, -0.2) is 9.18 Å². The van der Waals surface area contributed by atoms with Crippen LogP contribution in [-0.4, -0.2) is 20.9 Å². The summed E-state index contributed by atoms with van der Waals surface area (Å²) in [4.78, 5) is 12.0. The average Bonchev–Trinajstić information content (AvgIpc) is 3.10. The van der Waals surface area contributed by atoms with Crippen molar-refractivity contribution in [1.29, 1.82) is 0 Å². The van der Waals surface area contributed by atoms with Crippen LogP contribution in [0, 0.1) is 5.82 Å². The van der Waals surface area contributed by atoms with Gasteiger partial charge in [0.2, 0.25) is 0 Å². The third-order valence-electron chi connectivity index (χ3n) is 4.50. The van der Waals surface area contributed by atoms with E-state index in [0.717, 1.165) is 16.7 Å². The van der Waals surface area contributed by atoms with Crippen molar-refractivity contribution in [3.63, 3.8) is 0 Å². The molecule has 1 atom stereocenters. The van der Waals surface area contributed by atoms with Gasteiger partial charge < -0.3 is 5.11 Å². The summed E-state index contributed by atoms with van der Waals surface area (Å²) in [5.74, 6) is -1.32. The maximum absolute atomic E-state index is 13.3. The third kappa shape index (κ3) is 3.78. The fraction of sp³-hybridized carbons (Fsp3) is 0.200. The van der Waals surface area contributed by atoms with Gasteiger partial charge in [0.05, 0.1) is 6.20 Å². The Labute approximate surface area is 155 Å². The van der Waals surface area contributed by atoms with E-state index in [1.54, 1.807) is 43.6 Å². The second-order valence-corrected chi connectivity index (χ2v) is 6.83. The lowest BCUT2D eigenvalue weighted by Gasteiger charge is -2.25. The van der Waals surface area contributed by atoms with Gasteiger partial charge in [-0.1, -0.05) is 35.9 Å². The van der Waals surface area contributed by atoms with E-state index in [0.29, 0.717) is 11.4 Å². The molecule has 0 bridgehead atoms. The second-order valence-electron chi connectivity index (χ2n) is 6.39. The average molecular weight is 373 g/mol. The number of hydrogen-bond acceptors (Lipinski definition) is 2. The fourth-order valence-electron chi connectivity index (χ4n) is 2.81. The summed E-state index contributed by atoms with van der Waals surface area (Å²) in [5.41, 5.74) is 1.15. The Morgan fingerprint density at radius 3 is 2.69 bits per heavy atom. The van der Waals surface area contributed by atoms with Gasteiger partial charge in [0, 0.05) is 16.8 Å². The highest BCUT2D eigenvalue weighted by atomic mass is 35.5. The monoisotopic (exact) mass is 372 g/mol. The van der Waals surface area contributed by atoms with E-state index in [-0.39, 0.29) is 12.2 Å². The summed E-state index contributed by atoms with van der Waals surface area (Å²) < 4.78 is 14.8. The molecule has 0 radical (unpaired) electrons. The third-order valence-corrected chi connectivity index (χ3v) is 4.73. The quantitative estimate of drug-likeness (QED) is 0.677. The number of carbonyl (C=O) groups is 1. The van der Waals surface area contributed by atoms with E-state index in [2.05, 4.69) is 5.10 Å². The summed E-state index contributed by atoms with van der Waals surface area (Å²) in [6, 6.07) is 13.5. The molecule has 1 N–H and O–H groups in total. The first-order chi connectivity index (χ1) is 12.4. The van der Waals surface area contributed by atoms with E-state index in [1.807, 2.05) is 12.1 Å². The van der Waals surface area contributed by atoms with Crippen LogP contribution in [0.3, 0.4) is 0 Å². The smallest absolute Gasteiger partial charge is 0.331 e. The van der Waals surface area contributed by atoms with Crippen LogP contribution in [-0.2, 0) is 16.8 Å². The number of carboxylic acids is 1. The van der Waals surface area contributed by atoms with Crippen molar-refractivity contribution < 1.29 is 14.3 Å². The standard InChI is InChI=1S/C20H18ClFN2O2/c1-20(19(25)26,9-8-14-4-2-7-18(22)10-14)24-13-16(12-23-24)15-5-3-6-17(21)11-15/h2-7,10-13H,8-9H2,1H3,(H,25,26). The minimum atomic E-state index is -1.25. The number of carboxylic acid groups (broad SMARTS) is 1. The molecule has 1 aromatic heterocycles. The van der Waals surface area contributed by atoms with Crippen molar-refractivity contribution in [3.8, 4) is 11.1 Å².